The molecule has 1 aliphatic rings. The molecule has 0 aromatic heterocycles. The average Bonchev–Trinajstić information content (AvgIpc) is 2.80. The summed E-state index contributed by atoms with van der Waals surface area (Å²) < 4.78 is 10.3. The van der Waals surface area contributed by atoms with Crippen molar-refractivity contribution < 1.29 is 19.4 Å². The standard InChI is InChI=1S/C11H13NO4/c13-10-3-1-9(2-4-10)7-12-16-8-11-14-5-6-15-11/h1-4,7,11,13H,5-6,8H2/b12-7+. The molecule has 1 aromatic carbocycles. The number of phenols is 1. The molecule has 1 fully saturated rings. The van der Waals surface area contributed by atoms with Crippen molar-refractivity contribution in [2.75, 3.05) is 19.8 Å². The number of rotatable bonds is 4. The SMILES string of the molecule is Oc1ccc(/C=N/OCC2OCCO2)cc1. The molecule has 0 unspecified atom stereocenters. The van der Waals surface area contributed by atoms with Gasteiger partial charge in [-0.3, -0.25) is 0 Å². The van der Waals surface area contributed by atoms with Crippen molar-refractivity contribution in [1.29, 1.82) is 0 Å². The van der Waals surface area contributed by atoms with Crippen LogP contribution in [-0.2, 0) is 14.3 Å². The van der Waals surface area contributed by atoms with Crippen LogP contribution in [0.1, 0.15) is 5.56 Å². The second-order valence-electron chi connectivity index (χ2n) is 3.29. The fourth-order valence-electron chi connectivity index (χ4n) is 1.27. The van der Waals surface area contributed by atoms with Crippen LogP contribution in [-0.4, -0.2) is 37.4 Å². The number of aromatic hydroxyl groups is 1. The lowest BCUT2D eigenvalue weighted by Crippen LogP contribution is -2.14. The lowest BCUT2D eigenvalue weighted by molar-refractivity contribution is -0.0932. The molecule has 0 amide bonds. The van der Waals surface area contributed by atoms with Crippen LogP contribution < -0.4 is 0 Å². The van der Waals surface area contributed by atoms with E-state index in [9.17, 15) is 0 Å². The van der Waals surface area contributed by atoms with Crippen LogP contribution in [0.15, 0.2) is 29.4 Å². The molecule has 0 radical (unpaired) electrons. The van der Waals surface area contributed by atoms with E-state index in [0.717, 1.165) is 5.56 Å². The Balaban J connectivity index is 1.74. The Hall–Kier alpha value is -1.59. The van der Waals surface area contributed by atoms with Gasteiger partial charge < -0.3 is 19.4 Å². The fraction of sp³-hybridized carbons (Fsp3) is 0.364. The Kier molecular flexibility index (Phi) is 3.74. The molecule has 5 nitrogen and oxygen atoms in total. The molecule has 0 saturated carbocycles. The zero-order chi connectivity index (χ0) is 11.2. The maximum Gasteiger partial charge on any atom is 0.194 e. The molecule has 1 heterocycles. The molecule has 2 rings (SSSR count). The van der Waals surface area contributed by atoms with Gasteiger partial charge in [0.2, 0.25) is 0 Å². The number of oxime groups is 1. The second-order valence-corrected chi connectivity index (χ2v) is 3.29. The van der Waals surface area contributed by atoms with Gasteiger partial charge in [-0.05, 0) is 29.8 Å². The highest BCUT2D eigenvalue weighted by Crippen LogP contribution is 2.08. The largest absolute Gasteiger partial charge is 0.508 e. The summed E-state index contributed by atoms with van der Waals surface area (Å²) in [6.07, 6.45) is 1.26. The molecular weight excluding hydrogens is 210 g/mol. The maximum absolute atomic E-state index is 9.06. The molecule has 0 atom stereocenters. The minimum absolute atomic E-state index is 0.228. The third-order valence-corrected chi connectivity index (χ3v) is 2.07. The van der Waals surface area contributed by atoms with E-state index in [-0.39, 0.29) is 18.6 Å². The monoisotopic (exact) mass is 223 g/mol. The number of phenolic OH excluding ortho intramolecular Hbond substituents is 1. The minimum atomic E-state index is -0.308. The molecular formula is C11H13NO4. The molecule has 0 bridgehead atoms. The van der Waals surface area contributed by atoms with Gasteiger partial charge in [0.05, 0.1) is 19.4 Å². The summed E-state index contributed by atoms with van der Waals surface area (Å²) in [7, 11) is 0. The highest BCUT2D eigenvalue weighted by atomic mass is 16.7. The van der Waals surface area contributed by atoms with Gasteiger partial charge in [0.25, 0.3) is 0 Å². The predicted octanol–water partition coefficient (Wildman–Crippen LogP) is 1.12. The van der Waals surface area contributed by atoms with Crippen LogP contribution in [0.2, 0.25) is 0 Å². The Morgan fingerprint density at radius 1 is 1.31 bits per heavy atom. The van der Waals surface area contributed by atoms with Gasteiger partial charge in [0, 0.05) is 0 Å². The van der Waals surface area contributed by atoms with Gasteiger partial charge in [0.1, 0.15) is 5.75 Å². The highest BCUT2D eigenvalue weighted by molar-refractivity contribution is 5.79. The lowest BCUT2D eigenvalue weighted by atomic mass is 10.2. The highest BCUT2D eigenvalue weighted by Gasteiger charge is 2.15. The van der Waals surface area contributed by atoms with Crippen molar-refractivity contribution in [3.05, 3.63) is 29.8 Å². The molecule has 5 heteroatoms. The fourth-order valence-corrected chi connectivity index (χ4v) is 1.27. The van der Waals surface area contributed by atoms with Gasteiger partial charge in [-0.25, -0.2) is 0 Å². The minimum Gasteiger partial charge on any atom is -0.508 e. The zero-order valence-electron chi connectivity index (χ0n) is 8.70. The summed E-state index contributed by atoms with van der Waals surface area (Å²) in [4.78, 5) is 5.01. The van der Waals surface area contributed by atoms with Crippen molar-refractivity contribution in [3.63, 3.8) is 0 Å². The summed E-state index contributed by atoms with van der Waals surface area (Å²) in [6.45, 7) is 1.50. The molecule has 1 N–H and O–H groups in total. The first-order valence-electron chi connectivity index (χ1n) is 5.02. The number of ether oxygens (including phenoxy) is 2. The summed E-state index contributed by atoms with van der Waals surface area (Å²) in [6, 6.07) is 6.66. The van der Waals surface area contributed by atoms with Gasteiger partial charge >= 0.3 is 0 Å². The number of hydrogen-bond donors (Lipinski definition) is 1. The number of nitrogens with zero attached hydrogens (tertiary/aromatic N) is 1. The van der Waals surface area contributed by atoms with Crippen molar-refractivity contribution in [2.24, 2.45) is 5.16 Å². The molecule has 0 spiro atoms. The first-order valence-corrected chi connectivity index (χ1v) is 5.02. The molecule has 86 valence electrons. The maximum atomic E-state index is 9.06. The molecule has 0 aliphatic carbocycles. The van der Waals surface area contributed by atoms with Crippen LogP contribution in [0, 0.1) is 0 Å². The quantitative estimate of drug-likeness (QED) is 0.613. The smallest absolute Gasteiger partial charge is 0.194 e. The second kappa shape index (κ2) is 5.48. The molecule has 16 heavy (non-hydrogen) atoms. The molecule has 1 aliphatic heterocycles. The topological polar surface area (TPSA) is 60.3 Å². The van der Waals surface area contributed by atoms with Gasteiger partial charge in [-0.2, -0.15) is 0 Å². The summed E-state index contributed by atoms with van der Waals surface area (Å²) in [5.41, 5.74) is 0.853. The lowest BCUT2D eigenvalue weighted by Gasteiger charge is -2.05. The number of hydrogen-bond acceptors (Lipinski definition) is 5. The summed E-state index contributed by atoms with van der Waals surface area (Å²) in [5.74, 6) is 0.228. The number of benzene rings is 1. The predicted molar refractivity (Wildman–Crippen MR) is 57.3 cm³/mol. The van der Waals surface area contributed by atoms with Crippen molar-refractivity contribution >= 4 is 6.21 Å². The average molecular weight is 223 g/mol. The Morgan fingerprint density at radius 3 is 2.69 bits per heavy atom. The van der Waals surface area contributed by atoms with E-state index in [0.29, 0.717) is 13.2 Å². The third-order valence-electron chi connectivity index (χ3n) is 2.07. The van der Waals surface area contributed by atoms with E-state index in [1.165, 1.54) is 0 Å². The van der Waals surface area contributed by atoms with Crippen LogP contribution in [0.25, 0.3) is 0 Å². The van der Waals surface area contributed by atoms with Gasteiger partial charge in [-0.15, -0.1) is 0 Å². The van der Waals surface area contributed by atoms with Crippen LogP contribution in [0.3, 0.4) is 0 Å². The summed E-state index contributed by atoms with van der Waals surface area (Å²) >= 11 is 0. The molecule has 1 saturated heterocycles. The van der Waals surface area contributed by atoms with Gasteiger partial charge in [0.15, 0.2) is 12.9 Å². The van der Waals surface area contributed by atoms with Crippen molar-refractivity contribution in [2.45, 2.75) is 6.29 Å². The first-order chi connectivity index (χ1) is 7.84. The summed E-state index contributed by atoms with van der Waals surface area (Å²) in [5, 5.41) is 12.8. The molecule has 1 aromatic rings. The van der Waals surface area contributed by atoms with Crippen LogP contribution in [0.4, 0.5) is 0 Å². The third kappa shape index (κ3) is 3.22. The Bertz CT molecular complexity index is 344. The van der Waals surface area contributed by atoms with E-state index >= 15 is 0 Å². The van der Waals surface area contributed by atoms with E-state index in [1.54, 1.807) is 30.5 Å². The van der Waals surface area contributed by atoms with E-state index < -0.39 is 0 Å². The van der Waals surface area contributed by atoms with E-state index in [2.05, 4.69) is 5.16 Å². The van der Waals surface area contributed by atoms with E-state index in [1.807, 2.05) is 0 Å². The zero-order valence-corrected chi connectivity index (χ0v) is 8.70. The first kappa shape index (κ1) is 10.9. The normalized spacial score (nSPS) is 17.0. The van der Waals surface area contributed by atoms with Crippen molar-refractivity contribution in [1.82, 2.24) is 0 Å². The Morgan fingerprint density at radius 2 is 2.00 bits per heavy atom. The van der Waals surface area contributed by atoms with Crippen LogP contribution >= 0.6 is 0 Å². The Labute approximate surface area is 93.2 Å². The van der Waals surface area contributed by atoms with Crippen molar-refractivity contribution in [3.8, 4) is 5.75 Å². The van der Waals surface area contributed by atoms with Crippen LogP contribution in [0.5, 0.6) is 5.75 Å². The van der Waals surface area contributed by atoms with E-state index in [4.69, 9.17) is 19.4 Å². The van der Waals surface area contributed by atoms with Gasteiger partial charge in [-0.1, -0.05) is 5.16 Å².